The molecule has 1 saturated heterocycles. The number of nitrogens with one attached hydrogen (secondary N) is 4. The van der Waals surface area contributed by atoms with E-state index in [-0.39, 0.29) is 11.6 Å². The zero-order valence-electron chi connectivity index (χ0n) is 18.1. The Bertz CT molecular complexity index is 1230. The van der Waals surface area contributed by atoms with E-state index in [0.29, 0.717) is 23.5 Å². The fourth-order valence-electron chi connectivity index (χ4n) is 4.03. The molecule has 0 saturated carbocycles. The largest absolute Gasteiger partial charge is 0.322 e. The molecular formula is C21H27F2N6O2PS. The van der Waals surface area contributed by atoms with E-state index in [4.69, 9.17) is 0 Å². The fraction of sp³-hybridized carbons (Fsp3) is 0.381. The molecule has 178 valence electrons. The summed E-state index contributed by atoms with van der Waals surface area (Å²) >= 11 is 0. The summed E-state index contributed by atoms with van der Waals surface area (Å²) in [6, 6.07) is 3.82. The Hall–Kier alpha value is -2.49. The van der Waals surface area contributed by atoms with Gasteiger partial charge in [-0.2, -0.15) is 5.10 Å². The fourth-order valence-corrected chi connectivity index (χ4v) is 6.58. The van der Waals surface area contributed by atoms with Crippen molar-refractivity contribution >= 4 is 46.5 Å². The molecule has 0 spiro atoms. The molecule has 1 aliphatic rings. The van der Waals surface area contributed by atoms with E-state index in [9.17, 15) is 13.4 Å². The number of hydrogen-bond donors (Lipinski definition) is 5. The first-order valence-corrected chi connectivity index (χ1v) is 14.3. The van der Waals surface area contributed by atoms with Crippen molar-refractivity contribution in [3.8, 4) is 0 Å². The molecule has 1 unspecified atom stereocenters. The summed E-state index contributed by atoms with van der Waals surface area (Å²) in [6.07, 6.45) is 3.89. The molecule has 1 atom stereocenters. The first-order valence-electron chi connectivity index (χ1n) is 10.8. The number of nitrogens with zero attached hydrogens (tertiary/aromatic N) is 2. The number of amides is 1. The number of aromatic amines is 1. The van der Waals surface area contributed by atoms with E-state index in [0.717, 1.165) is 49.1 Å². The summed E-state index contributed by atoms with van der Waals surface area (Å²) in [7, 11) is -0.773. The number of H-pyrrole nitrogens is 1. The number of carbonyl (C=O) groups excluding carboxylic acids is 1. The van der Waals surface area contributed by atoms with Crippen molar-refractivity contribution in [2.75, 3.05) is 28.9 Å². The van der Waals surface area contributed by atoms with Gasteiger partial charge < -0.3 is 15.4 Å². The van der Waals surface area contributed by atoms with Crippen LogP contribution in [0.1, 0.15) is 48.2 Å². The van der Waals surface area contributed by atoms with Crippen LogP contribution in [0.4, 0.5) is 20.2 Å². The molecule has 1 aromatic carbocycles. The maximum Gasteiger partial charge on any atom is 0.261 e. The van der Waals surface area contributed by atoms with Gasteiger partial charge in [0.25, 0.3) is 5.91 Å². The SMILES string of the molecule is CCC[SH](=O)(P)Nc1ccc(F)c(C(=O)Nc2cnc3[nH]nc(C4CCNCC4)c3c2)c1F. The number of hydrogen-bond acceptors (Lipinski definition) is 5. The molecular weight excluding hydrogens is 469 g/mol. The monoisotopic (exact) mass is 496 g/mol. The molecule has 1 fully saturated rings. The van der Waals surface area contributed by atoms with Gasteiger partial charge in [-0.1, -0.05) is 6.92 Å². The number of carbonyl (C=O) groups is 1. The molecule has 3 heterocycles. The van der Waals surface area contributed by atoms with E-state index in [1.807, 2.05) is 6.92 Å². The van der Waals surface area contributed by atoms with Crippen molar-refractivity contribution < 1.29 is 17.8 Å². The van der Waals surface area contributed by atoms with Gasteiger partial charge in [-0.3, -0.25) is 14.1 Å². The van der Waals surface area contributed by atoms with Gasteiger partial charge in [-0.25, -0.2) is 13.8 Å². The average molecular weight is 497 g/mol. The maximum absolute atomic E-state index is 15.0. The van der Waals surface area contributed by atoms with E-state index in [1.54, 1.807) is 6.07 Å². The van der Waals surface area contributed by atoms with Crippen LogP contribution in [-0.4, -0.2) is 44.1 Å². The molecule has 0 radical (unpaired) electrons. The summed E-state index contributed by atoms with van der Waals surface area (Å²) in [5, 5.41) is 13.9. The van der Waals surface area contributed by atoms with Crippen LogP contribution in [0.3, 0.4) is 0 Å². The Labute approximate surface area is 193 Å². The van der Waals surface area contributed by atoms with Crippen LogP contribution >= 0.6 is 8.44 Å². The maximum atomic E-state index is 15.0. The summed E-state index contributed by atoms with van der Waals surface area (Å²) in [5.41, 5.74) is 0.796. The zero-order chi connectivity index (χ0) is 23.6. The lowest BCUT2D eigenvalue weighted by molar-refractivity contribution is 0.101. The predicted octanol–water partition coefficient (Wildman–Crippen LogP) is 3.50. The highest BCUT2D eigenvalue weighted by atomic mass is 32.8. The van der Waals surface area contributed by atoms with Gasteiger partial charge in [0.2, 0.25) is 0 Å². The van der Waals surface area contributed by atoms with Gasteiger partial charge in [-0.05, 0) is 68.7 Å². The number of halogens is 2. The highest BCUT2D eigenvalue weighted by Gasteiger charge is 2.24. The van der Waals surface area contributed by atoms with E-state index in [1.165, 1.54) is 6.20 Å². The minimum absolute atomic E-state index is 0.190. The van der Waals surface area contributed by atoms with E-state index < -0.39 is 32.8 Å². The van der Waals surface area contributed by atoms with Crippen LogP contribution in [0, 0.1) is 11.6 Å². The van der Waals surface area contributed by atoms with Crippen LogP contribution in [-0.2, 0) is 9.74 Å². The summed E-state index contributed by atoms with van der Waals surface area (Å²) in [4.78, 5) is 17.1. The third-order valence-electron chi connectivity index (χ3n) is 5.61. The normalized spacial score (nSPS) is 15.5. The molecule has 8 nitrogen and oxygen atoms in total. The molecule has 0 aliphatic carbocycles. The third-order valence-corrected chi connectivity index (χ3v) is 8.51. The number of rotatable bonds is 7. The van der Waals surface area contributed by atoms with E-state index >= 15 is 4.39 Å². The van der Waals surface area contributed by atoms with Gasteiger partial charge in [-0.15, -0.1) is 0 Å². The number of pyridine rings is 1. The Morgan fingerprint density at radius 2 is 2.06 bits per heavy atom. The van der Waals surface area contributed by atoms with Gasteiger partial charge in [0.15, 0.2) is 11.5 Å². The molecule has 33 heavy (non-hydrogen) atoms. The van der Waals surface area contributed by atoms with Gasteiger partial charge >= 0.3 is 0 Å². The minimum Gasteiger partial charge on any atom is -0.322 e. The summed E-state index contributed by atoms with van der Waals surface area (Å²) < 4.78 is 44.6. The first-order chi connectivity index (χ1) is 15.8. The molecule has 1 aliphatic heterocycles. The lowest BCUT2D eigenvalue weighted by atomic mass is 9.93. The van der Waals surface area contributed by atoms with Crippen LogP contribution < -0.4 is 15.4 Å². The van der Waals surface area contributed by atoms with Crippen molar-refractivity contribution in [1.82, 2.24) is 20.5 Å². The molecule has 4 rings (SSSR count). The lowest BCUT2D eigenvalue weighted by Crippen LogP contribution is -2.26. The number of thiol groups is 1. The van der Waals surface area contributed by atoms with Crippen LogP contribution in [0.15, 0.2) is 24.4 Å². The van der Waals surface area contributed by atoms with Crippen molar-refractivity contribution in [3.63, 3.8) is 0 Å². The Morgan fingerprint density at radius 1 is 1.30 bits per heavy atom. The number of fused-ring (bicyclic) bond motifs is 1. The van der Waals surface area contributed by atoms with Crippen molar-refractivity contribution in [1.29, 1.82) is 0 Å². The van der Waals surface area contributed by atoms with Crippen LogP contribution in [0.25, 0.3) is 11.0 Å². The number of piperidine rings is 1. The third kappa shape index (κ3) is 5.20. The minimum atomic E-state index is -2.97. The lowest BCUT2D eigenvalue weighted by Gasteiger charge is -2.22. The number of anilines is 2. The van der Waals surface area contributed by atoms with Crippen LogP contribution in [0.2, 0.25) is 0 Å². The standard InChI is InChI=1S/C21H27F2N6O2PS/c1-2-9-33(31,32)29-16-4-3-15(22)17(18(16)23)21(30)26-13-10-14-19(12-5-7-24-8-6-12)27-28-20(14)25-11-13/h3-4,10-12,24,33H,2,5-9,32H2,1H3,(H,26,30)(H,29,31)(H,25,27,28). The number of benzene rings is 1. The zero-order valence-corrected chi connectivity index (χ0v) is 20.2. The van der Waals surface area contributed by atoms with Crippen molar-refractivity contribution in [3.05, 3.63) is 47.3 Å². The van der Waals surface area contributed by atoms with Crippen molar-refractivity contribution in [2.45, 2.75) is 32.1 Å². The smallest absolute Gasteiger partial charge is 0.261 e. The van der Waals surface area contributed by atoms with E-state index in [2.05, 4.69) is 39.0 Å². The summed E-state index contributed by atoms with van der Waals surface area (Å²) in [6.45, 7) is 3.64. The Morgan fingerprint density at radius 3 is 2.79 bits per heavy atom. The highest BCUT2D eigenvalue weighted by Crippen LogP contribution is 2.31. The van der Waals surface area contributed by atoms with Gasteiger partial charge in [0.05, 0.1) is 23.3 Å². The Balaban J connectivity index is 1.60. The first kappa shape index (κ1) is 23.7. The quantitative estimate of drug-likeness (QED) is 0.254. The van der Waals surface area contributed by atoms with Crippen molar-refractivity contribution in [2.24, 2.45) is 0 Å². The second-order valence-electron chi connectivity index (χ2n) is 8.12. The molecule has 3 aromatic rings. The van der Waals surface area contributed by atoms with Crippen LogP contribution in [0.5, 0.6) is 0 Å². The topological polar surface area (TPSA) is 112 Å². The molecule has 2 aromatic heterocycles. The molecule has 12 heteroatoms. The Kier molecular flexibility index (Phi) is 7.02. The predicted molar refractivity (Wildman–Crippen MR) is 131 cm³/mol. The number of aromatic nitrogens is 3. The molecule has 4 N–H and O–H groups in total. The average Bonchev–Trinajstić information content (AvgIpc) is 3.19. The molecule has 1 amide bonds. The van der Waals surface area contributed by atoms with Gasteiger partial charge in [0, 0.05) is 17.1 Å². The van der Waals surface area contributed by atoms with Gasteiger partial charge in [0.1, 0.15) is 11.4 Å². The second kappa shape index (κ2) is 9.79. The summed E-state index contributed by atoms with van der Waals surface area (Å²) in [5.74, 6) is -2.51. The second-order valence-corrected chi connectivity index (χ2v) is 12.9. The molecule has 0 bridgehead atoms. The highest BCUT2D eigenvalue weighted by molar-refractivity contribution is 8.46.